The average molecular weight is 593 g/mol. The Morgan fingerprint density at radius 3 is 2.52 bits per heavy atom. The molecular weight excluding hydrogens is 548 g/mol. The third-order valence-electron chi connectivity index (χ3n) is 8.74. The number of benzene rings is 2. The number of hydrogen-bond acceptors (Lipinski definition) is 7. The molecule has 2 aromatic carbocycles. The van der Waals surface area contributed by atoms with Crippen molar-refractivity contribution in [2.45, 2.75) is 76.0 Å². The monoisotopic (exact) mass is 592 g/mol. The molecule has 0 aromatic heterocycles. The predicted octanol–water partition coefficient (Wildman–Crippen LogP) is 5.43. The van der Waals surface area contributed by atoms with Crippen LogP contribution in [0.4, 0.5) is 11.4 Å². The van der Waals surface area contributed by atoms with Crippen molar-refractivity contribution in [1.29, 1.82) is 0 Å². The van der Waals surface area contributed by atoms with Crippen LogP contribution >= 0.6 is 23.2 Å². The van der Waals surface area contributed by atoms with Gasteiger partial charge in [0, 0.05) is 36.4 Å². The van der Waals surface area contributed by atoms with Gasteiger partial charge in [-0.2, -0.15) is 0 Å². The standard InChI is InChI=1S/C30H44N4O4S.ClH/c1-2-31-25-17-24(18-26(19-25)34-14-6-7-15-39(34,37)38)29(36)33-27(16-22-8-4-3-5-9-22)28(35)21-32-30-12-10-23(20-30)11-13-30;/h3-5,8-9,17-19,23,27-28,31-32,35,37-38H,2,6-7,10-16,20-21H2,1H3,(H,33,36);1H/t23?,27-,28+,30?;/m0./s1. The third-order valence-corrected chi connectivity index (χ3v) is 10.7. The fourth-order valence-corrected chi connectivity index (χ4v) is 8.28. The van der Waals surface area contributed by atoms with Crippen LogP contribution in [0.3, 0.4) is 0 Å². The summed E-state index contributed by atoms with van der Waals surface area (Å²) in [4.78, 5) is 13.7. The maximum Gasteiger partial charge on any atom is 0.251 e. The highest BCUT2D eigenvalue weighted by molar-refractivity contribution is 8.25. The summed E-state index contributed by atoms with van der Waals surface area (Å²) in [5.74, 6) is 0.857. The second-order valence-corrected chi connectivity index (χ2v) is 13.7. The van der Waals surface area contributed by atoms with Crippen molar-refractivity contribution < 1.29 is 19.0 Å². The summed E-state index contributed by atoms with van der Waals surface area (Å²) >= 11 is 0. The number of fused-ring (bicyclic) bond motifs is 2. The molecule has 0 radical (unpaired) electrons. The highest BCUT2D eigenvalue weighted by Gasteiger charge is 2.44. The molecule has 1 heterocycles. The van der Waals surface area contributed by atoms with Crippen LogP contribution in [-0.4, -0.2) is 63.2 Å². The van der Waals surface area contributed by atoms with Crippen molar-refractivity contribution in [2.24, 2.45) is 5.92 Å². The van der Waals surface area contributed by atoms with E-state index in [2.05, 4.69) is 16.0 Å². The number of hydrogen-bond donors (Lipinski definition) is 6. The Kier molecular flexibility index (Phi) is 10.3. The molecule has 5 rings (SSSR count). The Hall–Kier alpha value is -2.01. The molecule has 8 nitrogen and oxygen atoms in total. The van der Waals surface area contributed by atoms with Gasteiger partial charge in [-0.3, -0.25) is 18.2 Å². The van der Waals surface area contributed by atoms with Gasteiger partial charge in [0.25, 0.3) is 5.91 Å². The van der Waals surface area contributed by atoms with Crippen LogP contribution in [0, 0.1) is 5.92 Å². The highest BCUT2D eigenvalue weighted by atomic mass is 35.5. The predicted molar refractivity (Wildman–Crippen MR) is 167 cm³/mol. The molecule has 0 unspecified atom stereocenters. The van der Waals surface area contributed by atoms with Crippen molar-refractivity contribution in [3.8, 4) is 0 Å². The van der Waals surface area contributed by atoms with Crippen molar-refractivity contribution in [2.75, 3.05) is 35.0 Å². The number of carbonyl (C=O) groups is 1. The number of β-amino-alcohol motifs (C(OH)–C–C–N with tert-alkyl or cyclic N) is 1. The Labute approximate surface area is 246 Å². The molecule has 3 fully saturated rings. The van der Waals surface area contributed by atoms with Gasteiger partial charge in [-0.1, -0.05) is 30.3 Å². The Morgan fingerprint density at radius 1 is 1.12 bits per heavy atom. The van der Waals surface area contributed by atoms with E-state index >= 15 is 0 Å². The van der Waals surface area contributed by atoms with E-state index in [4.69, 9.17) is 0 Å². The number of anilines is 2. The summed E-state index contributed by atoms with van der Waals surface area (Å²) in [6, 6.07) is 14.8. The average Bonchev–Trinajstić information content (AvgIpc) is 3.53. The van der Waals surface area contributed by atoms with E-state index in [-0.39, 0.29) is 23.9 Å². The van der Waals surface area contributed by atoms with Gasteiger partial charge >= 0.3 is 0 Å². The number of nitrogens with one attached hydrogen (secondary N) is 3. The fourth-order valence-electron chi connectivity index (χ4n) is 6.60. The first-order valence-electron chi connectivity index (χ1n) is 14.5. The first-order chi connectivity index (χ1) is 18.8. The molecule has 1 amide bonds. The lowest BCUT2D eigenvalue weighted by molar-refractivity contribution is 0.0808. The molecule has 1 saturated heterocycles. The zero-order chi connectivity index (χ0) is 27.5. The smallest absolute Gasteiger partial charge is 0.251 e. The number of rotatable bonds is 11. The molecular formula is C30H45ClN4O4S. The lowest BCUT2D eigenvalue weighted by Crippen LogP contribution is -2.52. The van der Waals surface area contributed by atoms with Gasteiger partial charge < -0.3 is 21.1 Å². The summed E-state index contributed by atoms with van der Waals surface area (Å²) in [5.41, 5.74) is 2.98. The number of aliphatic hydroxyl groups excluding tert-OH is 1. The summed E-state index contributed by atoms with van der Waals surface area (Å²) in [6.07, 6.45) is 7.43. The highest BCUT2D eigenvalue weighted by Crippen LogP contribution is 2.50. The number of amides is 1. The minimum Gasteiger partial charge on any atom is -0.390 e. The van der Waals surface area contributed by atoms with E-state index in [1.165, 1.54) is 19.3 Å². The fraction of sp³-hybridized carbons (Fsp3) is 0.567. The van der Waals surface area contributed by atoms with Gasteiger partial charge in [-0.15, -0.1) is 23.2 Å². The van der Waals surface area contributed by atoms with Crippen LogP contribution in [0.5, 0.6) is 0 Å². The first kappa shape index (κ1) is 30.9. The lowest BCUT2D eigenvalue weighted by atomic mass is 9.93. The van der Waals surface area contributed by atoms with E-state index in [0.717, 1.165) is 42.9 Å². The quantitative estimate of drug-likeness (QED) is 0.206. The van der Waals surface area contributed by atoms with Crippen molar-refractivity contribution in [3.05, 3.63) is 59.7 Å². The van der Waals surface area contributed by atoms with Crippen molar-refractivity contribution in [1.82, 2.24) is 10.6 Å². The summed E-state index contributed by atoms with van der Waals surface area (Å²) in [6.45, 7) is 3.62. The Bertz CT molecular complexity index is 1130. The van der Waals surface area contributed by atoms with E-state index in [9.17, 15) is 19.0 Å². The van der Waals surface area contributed by atoms with Gasteiger partial charge in [-0.05, 0) is 88.0 Å². The number of nitrogens with zero attached hydrogens (tertiary/aromatic N) is 1. The topological polar surface area (TPSA) is 117 Å². The zero-order valence-electron chi connectivity index (χ0n) is 23.3. The van der Waals surface area contributed by atoms with E-state index in [1.54, 1.807) is 16.4 Å². The molecule has 1 aliphatic heterocycles. The summed E-state index contributed by atoms with van der Waals surface area (Å²) in [7, 11) is -2.92. The van der Waals surface area contributed by atoms with E-state index < -0.39 is 22.9 Å². The van der Waals surface area contributed by atoms with Crippen LogP contribution in [-0.2, 0) is 6.42 Å². The summed E-state index contributed by atoms with van der Waals surface area (Å²) in [5, 5.41) is 21.4. The zero-order valence-corrected chi connectivity index (χ0v) is 25.0. The minimum absolute atomic E-state index is 0. The van der Waals surface area contributed by atoms with Crippen molar-refractivity contribution in [3.63, 3.8) is 0 Å². The lowest BCUT2D eigenvalue weighted by Gasteiger charge is -2.47. The number of aliphatic hydroxyl groups is 1. The number of carbonyl (C=O) groups excluding carboxylic acids is 1. The SMILES string of the molecule is CCNc1cc(C(=O)N[C@@H](Cc2ccccc2)[C@H](O)CNC23CCC(CC2)C3)cc(N2CCCCS2(O)O)c1.Cl. The molecule has 40 heavy (non-hydrogen) atoms. The maximum atomic E-state index is 13.7. The van der Waals surface area contributed by atoms with Crippen LogP contribution in [0.1, 0.15) is 67.8 Å². The Balaban J connectivity index is 0.00000370. The second-order valence-electron chi connectivity index (χ2n) is 11.6. The van der Waals surface area contributed by atoms with Crippen LogP contribution in [0.25, 0.3) is 0 Å². The Morgan fingerprint density at radius 2 is 1.88 bits per heavy atom. The third kappa shape index (κ3) is 7.24. The van der Waals surface area contributed by atoms with Crippen LogP contribution in [0.2, 0.25) is 0 Å². The molecule has 0 spiro atoms. The van der Waals surface area contributed by atoms with Gasteiger partial charge in [0.05, 0.1) is 23.6 Å². The van der Waals surface area contributed by atoms with Gasteiger partial charge in [-0.25, -0.2) is 0 Å². The van der Waals surface area contributed by atoms with E-state index in [1.807, 2.05) is 43.3 Å². The molecule has 2 atom stereocenters. The minimum atomic E-state index is -2.92. The molecule has 2 aliphatic carbocycles. The van der Waals surface area contributed by atoms with Crippen LogP contribution in [0.15, 0.2) is 48.5 Å². The van der Waals surface area contributed by atoms with Gasteiger partial charge in [0.2, 0.25) is 0 Å². The molecule has 2 aromatic rings. The second kappa shape index (κ2) is 13.3. The van der Waals surface area contributed by atoms with Gasteiger partial charge in [0.1, 0.15) is 0 Å². The molecule has 6 N–H and O–H groups in total. The van der Waals surface area contributed by atoms with E-state index in [0.29, 0.717) is 43.1 Å². The molecule has 2 bridgehead atoms. The van der Waals surface area contributed by atoms with Crippen molar-refractivity contribution >= 4 is 40.5 Å². The molecule has 3 aliphatic rings. The summed E-state index contributed by atoms with van der Waals surface area (Å²) < 4.78 is 23.1. The maximum absolute atomic E-state index is 13.7. The van der Waals surface area contributed by atoms with Crippen LogP contribution < -0.4 is 20.3 Å². The molecule has 10 heteroatoms. The number of halogens is 1. The first-order valence-corrected chi connectivity index (χ1v) is 16.1. The largest absolute Gasteiger partial charge is 0.390 e. The normalized spacial score (nSPS) is 25.5. The molecule has 2 saturated carbocycles. The molecule has 222 valence electrons. The van der Waals surface area contributed by atoms with Gasteiger partial charge in [0.15, 0.2) is 0 Å².